The number of hydrogen-bond donors (Lipinski definition) is 1. The molecule has 2 aromatic carbocycles. The highest BCUT2D eigenvalue weighted by atomic mass is 19.1. The van der Waals surface area contributed by atoms with Crippen LogP contribution in [0, 0.1) is 11.6 Å². The second-order valence-electron chi connectivity index (χ2n) is 5.86. The summed E-state index contributed by atoms with van der Waals surface area (Å²) >= 11 is 0. The van der Waals surface area contributed by atoms with Crippen LogP contribution in [0.5, 0.6) is 0 Å². The largest absolute Gasteiger partial charge is 0.307 e. The summed E-state index contributed by atoms with van der Waals surface area (Å²) in [6.07, 6.45) is 2.09. The van der Waals surface area contributed by atoms with Gasteiger partial charge in [-0.3, -0.25) is 0 Å². The van der Waals surface area contributed by atoms with Crippen molar-refractivity contribution in [1.29, 1.82) is 0 Å². The second-order valence-corrected chi connectivity index (χ2v) is 5.86. The minimum atomic E-state index is -0.195. The van der Waals surface area contributed by atoms with E-state index in [-0.39, 0.29) is 17.7 Å². The van der Waals surface area contributed by atoms with Gasteiger partial charge in [0.05, 0.1) is 0 Å². The molecule has 1 N–H and O–H groups in total. The molecule has 110 valence electrons. The van der Waals surface area contributed by atoms with Gasteiger partial charge in [0.1, 0.15) is 11.6 Å². The van der Waals surface area contributed by atoms with Crippen molar-refractivity contribution in [3.8, 4) is 0 Å². The first-order chi connectivity index (χ1) is 10.1. The van der Waals surface area contributed by atoms with E-state index in [0.29, 0.717) is 12.0 Å². The smallest absolute Gasteiger partial charge is 0.123 e. The van der Waals surface area contributed by atoms with Gasteiger partial charge in [-0.1, -0.05) is 24.3 Å². The highest BCUT2D eigenvalue weighted by molar-refractivity contribution is 5.24. The number of halogens is 2. The summed E-state index contributed by atoms with van der Waals surface area (Å²) in [5.41, 5.74) is 2.17. The van der Waals surface area contributed by atoms with Gasteiger partial charge in [0, 0.05) is 12.1 Å². The third-order valence-corrected chi connectivity index (χ3v) is 4.31. The molecule has 1 aliphatic rings. The Balaban J connectivity index is 1.54. The molecular weight excluding hydrogens is 268 g/mol. The lowest BCUT2D eigenvalue weighted by Gasteiger charge is -2.38. The predicted octanol–water partition coefficient (Wildman–Crippen LogP) is 4.56. The number of benzene rings is 2. The van der Waals surface area contributed by atoms with Gasteiger partial charge in [-0.15, -0.1) is 0 Å². The minimum Gasteiger partial charge on any atom is -0.307 e. The minimum absolute atomic E-state index is 0.139. The first-order valence-electron chi connectivity index (χ1n) is 7.39. The predicted molar refractivity (Wildman–Crippen MR) is 80.1 cm³/mol. The molecule has 1 atom stereocenters. The summed E-state index contributed by atoms with van der Waals surface area (Å²) in [5.74, 6) is 0.120. The van der Waals surface area contributed by atoms with Crippen LogP contribution < -0.4 is 5.32 Å². The molecule has 3 rings (SSSR count). The maximum atomic E-state index is 13.2. The molecule has 0 saturated heterocycles. The van der Waals surface area contributed by atoms with E-state index in [1.54, 1.807) is 12.1 Å². The summed E-state index contributed by atoms with van der Waals surface area (Å²) in [5, 5.41) is 3.53. The maximum absolute atomic E-state index is 13.2. The first-order valence-corrected chi connectivity index (χ1v) is 7.39. The summed E-state index contributed by atoms with van der Waals surface area (Å²) < 4.78 is 26.1. The van der Waals surface area contributed by atoms with E-state index >= 15 is 0 Å². The highest BCUT2D eigenvalue weighted by Gasteiger charge is 2.31. The Bertz CT molecular complexity index is 603. The maximum Gasteiger partial charge on any atom is 0.123 e. The Kier molecular flexibility index (Phi) is 4.02. The summed E-state index contributed by atoms with van der Waals surface area (Å²) in [6, 6.07) is 14.1. The van der Waals surface area contributed by atoms with Crippen molar-refractivity contribution in [2.24, 2.45) is 0 Å². The van der Waals surface area contributed by atoms with E-state index in [0.717, 1.165) is 18.4 Å². The van der Waals surface area contributed by atoms with E-state index in [2.05, 4.69) is 12.2 Å². The standard InChI is InChI=1S/C18H19F2N/c1-12(14-3-2-4-17(20)9-14)21-18-10-15(11-18)13-5-7-16(19)8-6-13/h2-9,12,15,18,21H,10-11H2,1H3. The molecule has 0 bridgehead atoms. The lowest BCUT2D eigenvalue weighted by Crippen LogP contribution is -2.41. The van der Waals surface area contributed by atoms with Crippen molar-refractivity contribution in [3.05, 3.63) is 71.3 Å². The average Bonchev–Trinajstić information content (AvgIpc) is 2.43. The van der Waals surface area contributed by atoms with Crippen LogP contribution in [0.3, 0.4) is 0 Å². The van der Waals surface area contributed by atoms with Crippen LogP contribution in [-0.4, -0.2) is 6.04 Å². The van der Waals surface area contributed by atoms with Crippen LogP contribution in [0.2, 0.25) is 0 Å². The quantitative estimate of drug-likeness (QED) is 0.869. The van der Waals surface area contributed by atoms with Crippen molar-refractivity contribution in [1.82, 2.24) is 5.32 Å². The molecule has 1 fully saturated rings. The average molecular weight is 287 g/mol. The Labute approximate surface area is 124 Å². The lowest BCUT2D eigenvalue weighted by molar-refractivity contribution is 0.270. The molecule has 1 nitrogen and oxygen atoms in total. The third kappa shape index (κ3) is 3.30. The monoisotopic (exact) mass is 287 g/mol. The van der Waals surface area contributed by atoms with Crippen LogP contribution in [0.4, 0.5) is 8.78 Å². The van der Waals surface area contributed by atoms with E-state index < -0.39 is 0 Å². The van der Waals surface area contributed by atoms with Gasteiger partial charge in [-0.25, -0.2) is 8.78 Å². The topological polar surface area (TPSA) is 12.0 Å². The van der Waals surface area contributed by atoms with Crippen molar-refractivity contribution in [3.63, 3.8) is 0 Å². The fourth-order valence-corrected chi connectivity index (χ4v) is 2.99. The second kappa shape index (κ2) is 5.94. The van der Waals surface area contributed by atoms with Crippen molar-refractivity contribution in [2.45, 2.75) is 37.8 Å². The first kappa shape index (κ1) is 14.2. The fourth-order valence-electron chi connectivity index (χ4n) is 2.99. The van der Waals surface area contributed by atoms with Crippen LogP contribution in [0.1, 0.15) is 42.9 Å². The highest BCUT2D eigenvalue weighted by Crippen LogP contribution is 2.37. The molecule has 1 unspecified atom stereocenters. The molecular formula is C18H19F2N. The number of nitrogens with one attached hydrogen (secondary N) is 1. The molecule has 0 aromatic heterocycles. The van der Waals surface area contributed by atoms with E-state index in [9.17, 15) is 8.78 Å². The van der Waals surface area contributed by atoms with Crippen LogP contribution in [0.15, 0.2) is 48.5 Å². The van der Waals surface area contributed by atoms with Crippen molar-refractivity contribution in [2.75, 3.05) is 0 Å². The molecule has 0 spiro atoms. The van der Waals surface area contributed by atoms with Crippen molar-refractivity contribution >= 4 is 0 Å². The lowest BCUT2D eigenvalue weighted by atomic mass is 9.75. The Hall–Kier alpha value is -1.74. The van der Waals surface area contributed by atoms with Gasteiger partial charge >= 0.3 is 0 Å². The van der Waals surface area contributed by atoms with Crippen LogP contribution in [0.25, 0.3) is 0 Å². The van der Waals surface area contributed by atoms with Crippen LogP contribution in [-0.2, 0) is 0 Å². The Morgan fingerprint density at radius 1 is 1.00 bits per heavy atom. The van der Waals surface area contributed by atoms with Gasteiger partial charge < -0.3 is 5.32 Å². The zero-order chi connectivity index (χ0) is 14.8. The molecule has 3 heteroatoms. The van der Waals surface area contributed by atoms with Crippen molar-refractivity contribution < 1.29 is 8.78 Å². The molecule has 2 aromatic rings. The molecule has 0 heterocycles. The van der Waals surface area contributed by atoms with E-state index in [4.69, 9.17) is 0 Å². The normalized spacial score (nSPS) is 22.6. The summed E-state index contributed by atoms with van der Waals surface area (Å²) in [4.78, 5) is 0. The van der Waals surface area contributed by atoms with Crippen LogP contribution >= 0.6 is 0 Å². The van der Waals surface area contributed by atoms with Gasteiger partial charge in [0.2, 0.25) is 0 Å². The van der Waals surface area contributed by atoms with Gasteiger partial charge in [0.15, 0.2) is 0 Å². The number of rotatable bonds is 4. The van der Waals surface area contributed by atoms with E-state index in [1.807, 2.05) is 18.2 Å². The summed E-state index contributed by atoms with van der Waals surface area (Å²) in [6.45, 7) is 2.06. The molecule has 21 heavy (non-hydrogen) atoms. The van der Waals surface area contributed by atoms with E-state index in [1.165, 1.54) is 23.8 Å². The zero-order valence-electron chi connectivity index (χ0n) is 12.0. The summed E-state index contributed by atoms with van der Waals surface area (Å²) in [7, 11) is 0. The SMILES string of the molecule is CC(NC1CC(c2ccc(F)cc2)C1)c1cccc(F)c1. The van der Waals surface area contributed by atoms with Gasteiger partial charge in [-0.05, 0) is 61.1 Å². The molecule has 0 aliphatic heterocycles. The van der Waals surface area contributed by atoms with Gasteiger partial charge in [0.25, 0.3) is 0 Å². The fraction of sp³-hybridized carbons (Fsp3) is 0.333. The molecule has 1 aliphatic carbocycles. The molecule has 0 amide bonds. The molecule has 1 saturated carbocycles. The number of hydrogen-bond acceptors (Lipinski definition) is 1. The molecule has 0 radical (unpaired) electrons. The Morgan fingerprint density at radius 2 is 1.71 bits per heavy atom. The third-order valence-electron chi connectivity index (χ3n) is 4.31. The Morgan fingerprint density at radius 3 is 2.38 bits per heavy atom. The van der Waals surface area contributed by atoms with Gasteiger partial charge in [-0.2, -0.15) is 0 Å². The zero-order valence-corrected chi connectivity index (χ0v) is 12.0.